The van der Waals surface area contributed by atoms with E-state index in [-0.39, 0.29) is 23.6 Å². The van der Waals surface area contributed by atoms with Gasteiger partial charge in [0.15, 0.2) is 0 Å². The van der Waals surface area contributed by atoms with E-state index >= 15 is 0 Å². The van der Waals surface area contributed by atoms with Gasteiger partial charge in [0.1, 0.15) is 12.3 Å². The molecular weight excluding hydrogens is 400 g/mol. The predicted molar refractivity (Wildman–Crippen MR) is 120 cm³/mol. The number of benzene rings is 1. The molecule has 2 heterocycles. The number of rotatable bonds is 5. The number of hydrogen-bond donors (Lipinski definition) is 0. The van der Waals surface area contributed by atoms with Gasteiger partial charge >= 0.3 is 0 Å². The molecule has 0 aromatic heterocycles. The topological polar surface area (TPSA) is 66.9 Å². The van der Waals surface area contributed by atoms with Crippen molar-refractivity contribution in [2.45, 2.75) is 52.4 Å². The molecule has 2 aliphatic heterocycles. The average Bonchev–Trinajstić information content (AvgIpc) is 2.91. The molecule has 6 nitrogen and oxygen atoms in total. The van der Waals surface area contributed by atoms with Crippen molar-refractivity contribution < 1.29 is 19.1 Å². The minimum Gasteiger partial charge on any atom is -0.496 e. The van der Waals surface area contributed by atoms with Gasteiger partial charge in [-0.3, -0.25) is 19.3 Å². The van der Waals surface area contributed by atoms with E-state index in [1.807, 2.05) is 19.1 Å². The van der Waals surface area contributed by atoms with Crippen LogP contribution in [-0.4, -0.2) is 53.6 Å². The number of nitrogens with zero attached hydrogens (tertiary/aromatic N) is 2. The van der Waals surface area contributed by atoms with Crippen molar-refractivity contribution in [2.75, 3.05) is 26.7 Å². The zero-order valence-corrected chi connectivity index (χ0v) is 19.0. The van der Waals surface area contributed by atoms with E-state index in [9.17, 15) is 14.4 Å². The standard InChI is InChI=1S/C23H30N2O4S/c1-15(2)18-12-17(16(3)11-19(18)29-4)13-20-22(27)25(23(28)30-20)14-21(26)24-9-7-5-6-8-10-24/h11-13,15H,5-10,14H2,1-4H3/b20-13-. The molecule has 0 N–H and O–H groups in total. The van der Waals surface area contributed by atoms with E-state index in [0.717, 1.165) is 64.8 Å². The molecule has 0 aliphatic carbocycles. The lowest BCUT2D eigenvalue weighted by Crippen LogP contribution is -2.42. The molecule has 0 saturated carbocycles. The number of carbonyl (C=O) groups excluding carboxylic acids is 3. The summed E-state index contributed by atoms with van der Waals surface area (Å²) in [5.74, 6) is 0.530. The second-order valence-corrected chi connectivity index (χ2v) is 9.16. The Morgan fingerprint density at radius 2 is 1.83 bits per heavy atom. The van der Waals surface area contributed by atoms with Gasteiger partial charge in [-0.05, 0) is 72.3 Å². The summed E-state index contributed by atoms with van der Waals surface area (Å²) >= 11 is 0.899. The molecule has 3 amide bonds. The van der Waals surface area contributed by atoms with Crippen molar-refractivity contribution in [3.63, 3.8) is 0 Å². The summed E-state index contributed by atoms with van der Waals surface area (Å²) in [4.78, 5) is 41.2. The van der Waals surface area contributed by atoms with Crippen LogP contribution < -0.4 is 4.74 Å². The van der Waals surface area contributed by atoms with Crippen molar-refractivity contribution >= 4 is 34.9 Å². The van der Waals surface area contributed by atoms with Crippen LogP contribution in [0.1, 0.15) is 62.1 Å². The maximum absolute atomic E-state index is 12.9. The van der Waals surface area contributed by atoms with Crippen LogP contribution in [0.25, 0.3) is 6.08 Å². The Labute approximate surface area is 182 Å². The van der Waals surface area contributed by atoms with Crippen molar-refractivity contribution in [2.24, 2.45) is 0 Å². The number of methoxy groups -OCH3 is 1. The first kappa shape index (κ1) is 22.4. The number of imide groups is 1. The molecule has 2 saturated heterocycles. The Bertz CT molecular complexity index is 870. The van der Waals surface area contributed by atoms with Gasteiger partial charge < -0.3 is 9.64 Å². The molecule has 0 bridgehead atoms. The van der Waals surface area contributed by atoms with Crippen LogP contribution in [-0.2, 0) is 9.59 Å². The van der Waals surface area contributed by atoms with Gasteiger partial charge in [-0.15, -0.1) is 0 Å². The van der Waals surface area contributed by atoms with E-state index in [4.69, 9.17) is 4.74 Å². The number of aryl methyl sites for hydroxylation is 1. The van der Waals surface area contributed by atoms with E-state index in [1.54, 1.807) is 18.1 Å². The molecule has 0 radical (unpaired) electrons. The lowest BCUT2D eigenvalue weighted by Gasteiger charge is -2.22. The fourth-order valence-corrected chi connectivity index (χ4v) is 4.66. The Morgan fingerprint density at radius 1 is 1.17 bits per heavy atom. The summed E-state index contributed by atoms with van der Waals surface area (Å²) < 4.78 is 5.48. The van der Waals surface area contributed by atoms with Gasteiger partial charge in [-0.25, -0.2) is 0 Å². The van der Waals surface area contributed by atoms with E-state index < -0.39 is 5.91 Å². The summed E-state index contributed by atoms with van der Waals surface area (Å²) in [6, 6.07) is 3.96. The van der Waals surface area contributed by atoms with Gasteiger partial charge in [-0.2, -0.15) is 0 Å². The number of thioether (sulfide) groups is 1. The lowest BCUT2D eigenvalue weighted by atomic mass is 9.96. The first-order valence-electron chi connectivity index (χ1n) is 10.5. The highest BCUT2D eigenvalue weighted by molar-refractivity contribution is 8.18. The smallest absolute Gasteiger partial charge is 0.294 e. The monoisotopic (exact) mass is 430 g/mol. The van der Waals surface area contributed by atoms with Gasteiger partial charge in [0, 0.05) is 13.1 Å². The fraction of sp³-hybridized carbons (Fsp3) is 0.522. The summed E-state index contributed by atoms with van der Waals surface area (Å²) in [5.41, 5.74) is 2.89. The third-order valence-electron chi connectivity index (χ3n) is 5.65. The molecule has 30 heavy (non-hydrogen) atoms. The number of carbonyl (C=O) groups is 3. The number of amides is 3. The van der Waals surface area contributed by atoms with Crippen molar-refractivity contribution in [3.8, 4) is 5.75 Å². The average molecular weight is 431 g/mol. The summed E-state index contributed by atoms with van der Waals surface area (Å²) in [6.07, 6.45) is 5.94. The maximum atomic E-state index is 12.9. The van der Waals surface area contributed by atoms with E-state index in [0.29, 0.717) is 18.0 Å². The Morgan fingerprint density at radius 3 is 2.43 bits per heavy atom. The first-order valence-corrected chi connectivity index (χ1v) is 11.3. The van der Waals surface area contributed by atoms with Crippen molar-refractivity contribution in [1.82, 2.24) is 9.80 Å². The molecule has 0 atom stereocenters. The first-order chi connectivity index (χ1) is 14.3. The fourth-order valence-electron chi connectivity index (χ4n) is 3.83. The highest BCUT2D eigenvalue weighted by Gasteiger charge is 2.37. The lowest BCUT2D eigenvalue weighted by molar-refractivity contribution is -0.135. The normalized spacial score (nSPS) is 19.0. The summed E-state index contributed by atoms with van der Waals surface area (Å²) in [6.45, 7) is 7.34. The minimum absolute atomic E-state index is 0.150. The zero-order chi connectivity index (χ0) is 21.8. The van der Waals surface area contributed by atoms with Gasteiger partial charge in [0.05, 0.1) is 12.0 Å². The molecule has 0 spiro atoms. The number of hydrogen-bond acceptors (Lipinski definition) is 5. The third kappa shape index (κ3) is 4.89. The molecule has 162 valence electrons. The van der Waals surface area contributed by atoms with Crippen LogP contribution in [0, 0.1) is 6.92 Å². The quantitative estimate of drug-likeness (QED) is 0.641. The highest BCUT2D eigenvalue weighted by Crippen LogP contribution is 2.35. The minimum atomic E-state index is -0.394. The molecule has 1 aromatic carbocycles. The second-order valence-electron chi connectivity index (χ2n) is 8.17. The molecule has 7 heteroatoms. The second kappa shape index (κ2) is 9.69. The SMILES string of the molecule is COc1cc(C)c(/C=C2\SC(=O)N(CC(=O)N3CCCCCC3)C2=O)cc1C(C)C. The molecule has 2 aliphatic rings. The molecule has 0 unspecified atom stereocenters. The van der Waals surface area contributed by atoms with Gasteiger partial charge in [0.2, 0.25) is 5.91 Å². The van der Waals surface area contributed by atoms with Crippen molar-refractivity contribution in [3.05, 3.63) is 33.7 Å². The van der Waals surface area contributed by atoms with Gasteiger partial charge in [-0.1, -0.05) is 26.7 Å². The van der Waals surface area contributed by atoms with Crippen LogP contribution in [0.2, 0.25) is 0 Å². The van der Waals surface area contributed by atoms with Crippen LogP contribution in [0.15, 0.2) is 17.0 Å². The summed E-state index contributed by atoms with van der Waals surface area (Å²) in [7, 11) is 1.65. The predicted octanol–water partition coefficient (Wildman–Crippen LogP) is 4.57. The van der Waals surface area contributed by atoms with Crippen LogP contribution in [0.3, 0.4) is 0 Å². The molecule has 1 aromatic rings. The number of likely N-dealkylation sites (tertiary alicyclic amines) is 1. The third-order valence-corrected chi connectivity index (χ3v) is 6.56. The highest BCUT2D eigenvalue weighted by atomic mass is 32.2. The van der Waals surface area contributed by atoms with Crippen LogP contribution >= 0.6 is 11.8 Å². The summed E-state index contributed by atoms with van der Waals surface area (Å²) in [5, 5.41) is -0.385. The maximum Gasteiger partial charge on any atom is 0.294 e. The molecular formula is C23H30N2O4S. The molecule has 3 rings (SSSR count). The number of ether oxygens (including phenoxy) is 1. The Hall–Kier alpha value is -2.28. The van der Waals surface area contributed by atoms with E-state index in [2.05, 4.69) is 13.8 Å². The zero-order valence-electron chi connectivity index (χ0n) is 18.2. The van der Waals surface area contributed by atoms with Gasteiger partial charge in [0.25, 0.3) is 11.1 Å². The van der Waals surface area contributed by atoms with Crippen LogP contribution in [0.5, 0.6) is 5.75 Å². The van der Waals surface area contributed by atoms with E-state index in [1.165, 1.54) is 0 Å². The Balaban J connectivity index is 1.79. The molecule has 2 fully saturated rings. The van der Waals surface area contributed by atoms with Crippen LogP contribution in [0.4, 0.5) is 4.79 Å². The Kier molecular flexibility index (Phi) is 7.23. The largest absolute Gasteiger partial charge is 0.496 e. The van der Waals surface area contributed by atoms with Crippen molar-refractivity contribution in [1.29, 1.82) is 0 Å².